The van der Waals surface area contributed by atoms with Crippen LogP contribution in [0.2, 0.25) is 0 Å². The quantitative estimate of drug-likeness (QED) is 0.893. The molecule has 4 heteroatoms. The number of nitrogens with zero attached hydrogens (tertiary/aromatic N) is 2. The normalized spacial score (nSPS) is 11.7. The second-order valence-electron chi connectivity index (χ2n) is 6.31. The Labute approximate surface area is 135 Å². The van der Waals surface area contributed by atoms with Gasteiger partial charge in [-0.15, -0.1) is 0 Å². The smallest absolute Gasteiger partial charge is 0.159 e. The fourth-order valence-electron chi connectivity index (χ4n) is 2.08. The molecule has 1 aromatic heterocycles. The third kappa shape index (κ3) is 4.35. The van der Waals surface area contributed by atoms with Crippen LogP contribution in [0.25, 0.3) is 11.4 Å². The van der Waals surface area contributed by atoms with Crippen LogP contribution in [0.3, 0.4) is 0 Å². The molecule has 0 spiro atoms. The third-order valence-corrected chi connectivity index (χ3v) is 3.85. The summed E-state index contributed by atoms with van der Waals surface area (Å²) in [5.74, 6) is 0.789. The first-order valence-electron chi connectivity index (χ1n) is 7.11. The molecule has 0 aliphatic heterocycles. The molecule has 112 valence electrons. The van der Waals surface area contributed by atoms with Crippen molar-refractivity contribution < 1.29 is 0 Å². The van der Waals surface area contributed by atoms with Gasteiger partial charge in [0, 0.05) is 39.1 Å². The predicted octanol–water partition coefficient (Wildman–Crippen LogP) is 4.41. The largest absolute Gasteiger partial charge is 0.308 e. The second-order valence-corrected chi connectivity index (χ2v) is 7.22. The highest BCUT2D eigenvalue weighted by Gasteiger charge is 2.13. The fraction of sp³-hybridized carbons (Fsp3) is 0.412. The Morgan fingerprint density at radius 2 is 1.52 bits per heavy atom. The topological polar surface area (TPSA) is 37.8 Å². The standard InChI is InChI=1S/C17H22BrN3/c1-11-15(10-19-17(3,4)5)12(2)21-16(20-11)13-6-8-14(18)9-7-13/h6-9,19H,10H2,1-5H3. The van der Waals surface area contributed by atoms with Gasteiger partial charge >= 0.3 is 0 Å². The summed E-state index contributed by atoms with van der Waals surface area (Å²) in [4.78, 5) is 9.34. The summed E-state index contributed by atoms with van der Waals surface area (Å²) >= 11 is 3.45. The monoisotopic (exact) mass is 347 g/mol. The molecule has 1 aromatic carbocycles. The van der Waals surface area contributed by atoms with E-state index in [0.717, 1.165) is 33.8 Å². The van der Waals surface area contributed by atoms with E-state index in [2.05, 4.69) is 65.8 Å². The summed E-state index contributed by atoms with van der Waals surface area (Å²) in [7, 11) is 0. The Morgan fingerprint density at radius 1 is 1.00 bits per heavy atom. The number of hydrogen-bond acceptors (Lipinski definition) is 3. The molecular formula is C17H22BrN3. The lowest BCUT2D eigenvalue weighted by Gasteiger charge is -2.22. The maximum absolute atomic E-state index is 4.67. The van der Waals surface area contributed by atoms with Gasteiger partial charge in [-0.1, -0.05) is 28.1 Å². The Kier molecular flexibility index (Phi) is 4.79. The van der Waals surface area contributed by atoms with Gasteiger partial charge in [-0.3, -0.25) is 0 Å². The van der Waals surface area contributed by atoms with Crippen molar-refractivity contribution >= 4 is 15.9 Å². The predicted molar refractivity (Wildman–Crippen MR) is 91.2 cm³/mol. The Balaban J connectivity index is 2.30. The maximum Gasteiger partial charge on any atom is 0.159 e. The van der Waals surface area contributed by atoms with Crippen LogP contribution >= 0.6 is 15.9 Å². The van der Waals surface area contributed by atoms with E-state index in [1.54, 1.807) is 0 Å². The first kappa shape index (κ1) is 16.1. The van der Waals surface area contributed by atoms with E-state index >= 15 is 0 Å². The summed E-state index contributed by atoms with van der Waals surface area (Å²) in [6.45, 7) is 11.4. The highest BCUT2D eigenvalue weighted by molar-refractivity contribution is 9.10. The number of aryl methyl sites for hydroxylation is 2. The molecule has 1 heterocycles. The van der Waals surface area contributed by atoms with Gasteiger partial charge in [-0.2, -0.15) is 0 Å². The first-order valence-corrected chi connectivity index (χ1v) is 7.90. The molecule has 3 nitrogen and oxygen atoms in total. The van der Waals surface area contributed by atoms with Crippen LogP contribution in [0.15, 0.2) is 28.7 Å². The lowest BCUT2D eigenvalue weighted by atomic mass is 10.1. The van der Waals surface area contributed by atoms with Crippen molar-refractivity contribution in [2.24, 2.45) is 0 Å². The Bertz CT molecular complexity index is 604. The van der Waals surface area contributed by atoms with Crippen molar-refractivity contribution in [1.82, 2.24) is 15.3 Å². The zero-order chi connectivity index (χ0) is 15.6. The van der Waals surface area contributed by atoms with E-state index in [4.69, 9.17) is 0 Å². The highest BCUT2D eigenvalue weighted by Crippen LogP contribution is 2.21. The van der Waals surface area contributed by atoms with Crippen molar-refractivity contribution in [2.75, 3.05) is 0 Å². The molecule has 0 saturated heterocycles. The highest BCUT2D eigenvalue weighted by atomic mass is 79.9. The van der Waals surface area contributed by atoms with Crippen LogP contribution in [-0.2, 0) is 6.54 Å². The van der Waals surface area contributed by atoms with Crippen LogP contribution in [0.5, 0.6) is 0 Å². The van der Waals surface area contributed by atoms with Gasteiger partial charge < -0.3 is 5.32 Å². The Morgan fingerprint density at radius 3 is 2.00 bits per heavy atom. The van der Waals surface area contributed by atoms with Crippen LogP contribution in [0, 0.1) is 13.8 Å². The molecular weight excluding hydrogens is 326 g/mol. The number of nitrogens with one attached hydrogen (secondary N) is 1. The molecule has 0 amide bonds. The third-order valence-electron chi connectivity index (χ3n) is 3.32. The van der Waals surface area contributed by atoms with Crippen molar-refractivity contribution in [3.05, 3.63) is 45.7 Å². The molecule has 0 aliphatic rings. The van der Waals surface area contributed by atoms with Crippen LogP contribution < -0.4 is 5.32 Å². The summed E-state index contributed by atoms with van der Waals surface area (Å²) < 4.78 is 1.06. The summed E-state index contributed by atoms with van der Waals surface area (Å²) in [6.07, 6.45) is 0. The second kappa shape index (κ2) is 6.24. The molecule has 2 aromatic rings. The molecule has 0 radical (unpaired) electrons. The van der Waals surface area contributed by atoms with Crippen molar-refractivity contribution in [3.8, 4) is 11.4 Å². The van der Waals surface area contributed by atoms with Crippen molar-refractivity contribution in [2.45, 2.75) is 46.7 Å². The summed E-state index contributed by atoms with van der Waals surface area (Å²) in [5.41, 5.74) is 4.39. The zero-order valence-corrected chi connectivity index (χ0v) is 14.9. The molecule has 0 aliphatic carbocycles. The van der Waals surface area contributed by atoms with Gasteiger partial charge in [0.2, 0.25) is 0 Å². The molecule has 21 heavy (non-hydrogen) atoms. The number of benzene rings is 1. The summed E-state index contributed by atoms with van der Waals surface area (Å²) in [6, 6.07) is 8.09. The lowest BCUT2D eigenvalue weighted by Crippen LogP contribution is -2.35. The number of rotatable bonds is 3. The van der Waals surface area contributed by atoms with Crippen molar-refractivity contribution in [3.63, 3.8) is 0 Å². The van der Waals surface area contributed by atoms with E-state index in [1.807, 2.05) is 24.3 Å². The van der Waals surface area contributed by atoms with Gasteiger partial charge in [0.25, 0.3) is 0 Å². The average Bonchev–Trinajstić information content (AvgIpc) is 2.37. The van der Waals surface area contributed by atoms with Gasteiger partial charge in [-0.25, -0.2) is 9.97 Å². The van der Waals surface area contributed by atoms with E-state index in [1.165, 1.54) is 5.56 Å². The minimum Gasteiger partial charge on any atom is -0.308 e. The molecule has 0 saturated carbocycles. The van der Waals surface area contributed by atoms with Crippen LogP contribution in [-0.4, -0.2) is 15.5 Å². The fourth-order valence-corrected chi connectivity index (χ4v) is 2.34. The van der Waals surface area contributed by atoms with Crippen LogP contribution in [0.1, 0.15) is 37.7 Å². The zero-order valence-electron chi connectivity index (χ0n) is 13.3. The van der Waals surface area contributed by atoms with E-state index < -0.39 is 0 Å². The minimum atomic E-state index is 0.0866. The van der Waals surface area contributed by atoms with Gasteiger partial charge in [0.05, 0.1) is 0 Å². The van der Waals surface area contributed by atoms with Gasteiger partial charge in [0.1, 0.15) is 0 Å². The van der Waals surface area contributed by atoms with Crippen LogP contribution in [0.4, 0.5) is 0 Å². The number of hydrogen-bond donors (Lipinski definition) is 1. The first-order chi connectivity index (χ1) is 9.76. The van der Waals surface area contributed by atoms with Gasteiger partial charge in [-0.05, 0) is 46.8 Å². The molecule has 0 atom stereocenters. The minimum absolute atomic E-state index is 0.0866. The maximum atomic E-state index is 4.67. The number of halogens is 1. The SMILES string of the molecule is Cc1nc(-c2ccc(Br)cc2)nc(C)c1CNC(C)(C)C. The number of aromatic nitrogens is 2. The summed E-state index contributed by atoms with van der Waals surface area (Å²) in [5, 5.41) is 3.50. The van der Waals surface area contributed by atoms with Crippen molar-refractivity contribution in [1.29, 1.82) is 0 Å². The molecule has 0 unspecified atom stereocenters. The van der Waals surface area contributed by atoms with E-state index in [0.29, 0.717) is 0 Å². The lowest BCUT2D eigenvalue weighted by molar-refractivity contribution is 0.422. The van der Waals surface area contributed by atoms with Gasteiger partial charge in [0.15, 0.2) is 5.82 Å². The molecule has 2 rings (SSSR count). The molecule has 0 bridgehead atoms. The van der Waals surface area contributed by atoms with E-state index in [9.17, 15) is 0 Å². The average molecular weight is 348 g/mol. The molecule has 1 N–H and O–H groups in total. The van der Waals surface area contributed by atoms with E-state index in [-0.39, 0.29) is 5.54 Å². The Hall–Kier alpha value is -1.26. The molecule has 0 fully saturated rings.